The van der Waals surface area contributed by atoms with Crippen molar-refractivity contribution in [3.05, 3.63) is 40.5 Å². The number of nitrogens with zero attached hydrogens (tertiary/aromatic N) is 4. The largest absolute Gasteiger partial charge is 0.480 e. The number of rotatable bonds is 10. The van der Waals surface area contributed by atoms with Gasteiger partial charge in [0.15, 0.2) is 17.2 Å². The van der Waals surface area contributed by atoms with Crippen molar-refractivity contribution in [3.63, 3.8) is 0 Å². The number of amides is 1. The fraction of sp³-hybridized carbons (Fsp3) is 0.435. The summed E-state index contributed by atoms with van der Waals surface area (Å²) in [5.74, 6) is -1.54. The van der Waals surface area contributed by atoms with Gasteiger partial charge in [-0.3, -0.25) is 9.59 Å². The number of aromatic nitrogens is 2. The van der Waals surface area contributed by atoms with Crippen molar-refractivity contribution in [2.45, 2.75) is 33.0 Å². The summed E-state index contributed by atoms with van der Waals surface area (Å²) >= 11 is 0. The fourth-order valence-electron chi connectivity index (χ4n) is 3.03. The molecular weight excluding hydrogens is 479 g/mol. The number of hydrogen-bond acceptors (Lipinski definition) is 9. The van der Waals surface area contributed by atoms with Gasteiger partial charge >= 0.3 is 6.18 Å². The lowest BCUT2D eigenvalue weighted by Crippen LogP contribution is -2.32. The van der Waals surface area contributed by atoms with Crippen molar-refractivity contribution < 1.29 is 27.5 Å². The van der Waals surface area contributed by atoms with Crippen LogP contribution in [0.2, 0.25) is 0 Å². The number of benzene rings is 1. The highest BCUT2D eigenvalue weighted by molar-refractivity contribution is 5.95. The molecule has 0 saturated heterocycles. The number of nitrogens with one attached hydrogen (secondary N) is 2. The number of likely N-dealkylation sites (N-methyl/N-ethyl adjacent to an activating group) is 1. The summed E-state index contributed by atoms with van der Waals surface area (Å²) in [5.41, 5.74) is 4.28. The molecule has 1 amide bonds. The topological polar surface area (TPSA) is 146 Å². The Morgan fingerprint density at radius 3 is 2.47 bits per heavy atom. The Balaban J connectivity index is 0.00000648. The normalized spacial score (nSPS) is 11.8. The molecule has 4 N–H and O–H groups in total. The summed E-state index contributed by atoms with van der Waals surface area (Å²) in [5, 5.41) is 14.7. The number of nitrogen functional groups attached to an aromatic ring is 1. The molecule has 2 aromatic rings. The minimum Gasteiger partial charge on any atom is -0.480 e. The molecule has 0 radical (unpaired) electrons. The lowest BCUT2D eigenvalue weighted by molar-refractivity contribution is -0.137. The molecule has 0 spiro atoms. The van der Waals surface area contributed by atoms with Gasteiger partial charge in [0.05, 0.1) is 18.7 Å². The summed E-state index contributed by atoms with van der Waals surface area (Å²) in [6, 6.07) is 3.71. The van der Waals surface area contributed by atoms with Crippen LogP contribution in [0.5, 0.6) is 5.88 Å². The highest BCUT2D eigenvalue weighted by atomic mass is 19.4. The first kappa shape index (κ1) is 30.1. The second kappa shape index (κ2) is 12.7. The van der Waals surface area contributed by atoms with E-state index in [1.165, 1.54) is 20.1 Å². The first-order valence-corrected chi connectivity index (χ1v) is 10.4. The quantitative estimate of drug-likeness (QED) is 0.440. The second-order valence-corrected chi connectivity index (χ2v) is 7.91. The average molecular weight is 510 g/mol. The van der Waals surface area contributed by atoms with Crippen molar-refractivity contribution >= 4 is 23.5 Å². The van der Waals surface area contributed by atoms with Gasteiger partial charge in [-0.1, -0.05) is 7.43 Å². The van der Waals surface area contributed by atoms with Crippen molar-refractivity contribution in [1.82, 2.24) is 20.2 Å². The van der Waals surface area contributed by atoms with Crippen LogP contribution in [0.4, 0.5) is 24.9 Å². The maximum absolute atomic E-state index is 13.4. The van der Waals surface area contributed by atoms with Crippen molar-refractivity contribution in [2.75, 3.05) is 45.3 Å². The van der Waals surface area contributed by atoms with E-state index in [4.69, 9.17) is 10.5 Å². The predicted octanol–water partition coefficient (Wildman–Crippen LogP) is 2.50. The van der Waals surface area contributed by atoms with E-state index < -0.39 is 35.9 Å². The predicted molar refractivity (Wildman–Crippen MR) is 129 cm³/mol. The van der Waals surface area contributed by atoms with Crippen molar-refractivity contribution in [2.24, 2.45) is 0 Å². The summed E-state index contributed by atoms with van der Waals surface area (Å²) in [6.45, 7) is 2.20. The average Bonchev–Trinajstić information content (AvgIpc) is 2.77. The first-order chi connectivity index (χ1) is 16.3. The van der Waals surface area contributed by atoms with Gasteiger partial charge in [0.2, 0.25) is 11.8 Å². The molecule has 10 nitrogen and oxygen atoms in total. The third-order valence-corrected chi connectivity index (χ3v) is 4.84. The number of hydrogen-bond donors (Lipinski definition) is 3. The third-order valence-electron chi connectivity index (χ3n) is 4.84. The molecule has 2 rings (SSSR count). The number of anilines is 2. The third kappa shape index (κ3) is 8.09. The Kier molecular flexibility index (Phi) is 10.6. The maximum atomic E-state index is 13.4. The van der Waals surface area contributed by atoms with E-state index in [0.29, 0.717) is 6.54 Å². The van der Waals surface area contributed by atoms with Gasteiger partial charge in [-0.2, -0.15) is 28.4 Å². The van der Waals surface area contributed by atoms with Crippen LogP contribution in [-0.4, -0.2) is 66.9 Å². The van der Waals surface area contributed by atoms with Crippen molar-refractivity contribution in [1.29, 1.82) is 5.26 Å². The van der Waals surface area contributed by atoms with Crippen LogP contribution in [-0.2, 0) is 17.4 Å². The second-order valence-electron chi connectivity index (χ2n) is 7.91. The van der Waals surface area contributed by atoms with Gasteiger partial charge in [0.25, 0.3) is 5.91 Å². The minimum atomic E-state index is -4.71. The van der Waals surface area contributed by atoms with Gasteiger partial charge in [-0.05, 0) is 44.8 Å². The van der Waals surface area contributed by atoms with E-state index in [1.807, 2.05) is 11.0 Å². The van der Waals surface area contributed by atoms with Crippen LogP contribution in [0.15, 0.2) is 18.2 Å². The molecule has 1 aromatic carbocycles. The minimum absolute atomic E-state index is 0. The van der Waals surface area contributed by atoms with Gasteiger partial charge in [0, 0.05) is 25.1 Å². The molecule has 1 heterocycles. The van der Waals surface area contributed by atoms with Crippen LogP contribution in [0, 0.1) is 11.3 Å². The Morgan fingerprint density at radius 1 is 1.25 bits per heavy atom. The van der Waals surface area contributed by atoms with E-state index >= 15 is 0 Å². The molecule has 0 saturated carbocycles. The zero-order valence-electron chi connectivity index (χ0n) is 19.7. The molecule has 36 heavy (non-hydrogen) atoms. The van der Waals surface area contributed by atoms with Crippen LogP contribution < -0.4 is 21.1 Å². The number of methoxy groups -OCH3 is 1. The molecule has 1 aromatic heterocycles. The number of ether oxygens (including phenoxy) is 1. The zero-order valence-corrected chi connectivity index (χ0v) is 19.7. The molecular formula is C23H30F3N7O3. The summed E-state index contributed by atoms with van der Waals surface area (Å²) < 4.78 is 45.3. The van der Waals surface area contributed by atoms with Crippen molar-refractivity contribution in [3.8, 4) is 11.9 Å². The molecule has 1 atom stereocenters. The van der Waals surface area contributed by atoms with Gasteiger partial charge in [-0.25, -0.2) is 0 Å². The van der Waals surface area contributed by atoms with E-state index in [9.17, 15) is 28.0 Å². The maximum Gasteiger partial charge on any atom is 0.416 e. The highest BCUT2D eigenvalue weighted by Gasteiger charge is 2.32. The number of halogens is 3. The van der Waals surface area contributed by atoms with Gasteiger partial charge in [-0.15, -0.1) is 0 Å². The summed E-state index contributed by atoms with van der Waals surface area (Å²) in [7, 11) is 4.87. The molecule has 0 aliphatic carbocycles. The fourth-order valence-corrected chi connectivity index (χ4v) is 3.03. The number of ketones is 1. The lowest BCUT2D eigenvalue weighted by Gasteiger charge is -2.17. The molecule has 0 unspecified atom stereocenters. The summed E-state index contributed by atoms with van der Waals surface area (Å²) in [4.78, 5) is 34.7. The Bertz CT molecular complexity index is 1130. The number of carbonyl (C=O) groups excluding carboxylic acids is 2. The highest BCUT2D eigenvalue weighted by Crippen LogP contribution is 2.31. The summed E-state index contributed by atoms with van der Waals surface area (Å²) in [6.07, 6.45) is -5.12. The lowest BCUT2D eigenvalue weighted by atomic mass is 9.99. The van der Waals surface area contributed by atoms with Crippen LogP contribution in [0.3, 0.4) is 0 Å². The number of nitrogens with two attached hydrogens (primary N) is 1. The Labute approximate surface area is 207 Å². The van der Waals surface area contributed by atoms with E-state index in [1.54, 1.807) is 14.1 Å². The smallest absolute Gasteiger partial charge is 0.416 e. The van der Waals surface area contributed by atoms with Gasteiger partial charge in [0.1, 0.15) is 6.07 Å². The number of nitriles is 1. The molecule has 13 heteroatoms. The SMILES string of the molecule is C.COc1nc(N)nc(N[C@@H](C)C(=O)Cc2cc(C(=O)NCCN(C)C)cc(C(F)(F)F)c2)c1C#N. The van der Waals surface area contributed by atoms with E-state index in [0.717, 1.165) is 12.1 Å². The molecule has 0 aliphatic heterocycles. The molecule has 0 fully saturated rings. The van der Waals surface area contributed by atoms with Crippen LogP contribution >= 0.6 is 0 Å². The molecule has 0 aliphatic rings. The van der Waals surface area contributed by atoms with E-state index in [2.05, 4.69) is 20.6 Å². The Hall–Kier alpha value is -3.92. The zero-order chi connectivity index (χ0) is 26.3. The first-order valence-electron chi connectivity index (χ1n) is 10.4. The number of carbonyl (C=O) groups is 2. The number of Topliss-reactive ketones (excluding diaryl/α,β-unsaturated/α-hetero) is 1. The van der Waals surface area contributed by atoms with Gasteiger partial charge < -0.3 is 26.0 Å². The standard InChI is InChI=1S/C22H26F3N7O3.CH4/c1-12(29-18-16(11-26)20(35-4)31-21(27)30-18)17(33)9-13-7-14(10-15(8-13)22(23,24)25)19(34)28-5-6-32(2)3;/h7-8,10,12H,5-6,9H2,1-4H3,(H,28,34)(H3,27,29,30,31);1H4/t12-;/m0./s1. The molecule has 0 bridgehead atoms. The Morgan fingerprint density at radius 2 is 1.92 bits per heavy atom. The van der Waals surface area contributed by atoms with Crippen LogP contribution in [0.25, 0.3) is 0 Å². The van der Waals surface area contributed by atoms with Crippen LogP contribution in [0.1, 0.15) is 41.4 Å². The molecule has 196 valence electrons. The van der Waals surface area contributed by atoms with E-state index in [-0.39, 0.29) is 48.3 Å². The monoisotopic (exact) mass is 509 g/mol. The number of alkyl halides is 3.